The van der Waals surface area contributed by atoms with Gasteiger partial charge >= 0.3 is 5.97 Å². The van der Waals surface area contributed by atoms with Crippen molar-refractivity contribution in [2.24, 2.45) is 0 Å². The largest absolute Gasteiger partial charge is 0.496 e. The maximum atomic E-state index is 12.2. The molecule has 2 aromatic carbocycles. The number of hydrogen-bond acceptors (Lipinski definition) is 5. The van der Waals surface area contributed by atoms with Crippen molar-refractivity contribution in [2.45, 2.75) is 13.5 Å². The van der Waals surface area contributed by atoms with Crippen LogP contribution in [-0.2, 0) is 20.9 Å². The van der Waals surface area contributed by atoms with Crippen molar-refractivity contribution in [3.8, 4) is 5.75 Å². The molecular weight excluding hydrogens is 358 g/mol. The molecule has 0 bridgehead atoms. The number of ether oxygens (including phenoxy) is 3. The molecule has 0 radical (unpaired) electrons. The quantitative estimate of drug-likeness (QED) is 0.710. The van der Waals surface area contributed by atoms with Crippen LogP contribution in [0.25, 0.3) is 0 Å². The lowest BCUT2D eigenvalue weighted by atomic mass is 10.1. The van der Waals surface area contributed by atoms with Gasteiger partial charge in [0, 0.05) is 12.2 Å². The third kappa shape index (κ3) is 5.47. The van der Waals surface area contributed by atoms with Crippen LogP contribution in [0.2, 0.25) is 5.02 Å². The minimum absolute atomic E-state index is 0.311. The topological polar surface area (TPSA) is 73.9 Å². The van der Waals surface area contributed by atoms with Crippen molar-refractivity contribution in [1.82, 2.24) is 0 Å². The molecule has 0 fully saturated rings. The number of methoxy groups -OCH3 is 1. The predicted molar refractivity (Wildman–Crippen MR) is 98.7 cm³/mol. The van der Waals surface area contributed by atoms with Gasteiger partial charge in [-0.05, 0) is 37.3 Å². The van der Waals surface area contributed by atoms with Gasteiger partial charge in [-0.25, -0.2) is 4.79 Å². The van der Waals surface area contributed by atoms with Gasteiger partial charge in [0.05, 0.1) is 30.0 Å². The number of nitrogens with one attached hydrogen (secondary N) is 1. The molecule has 2 aromatic rings. The average Bonchev–Trinajstić information content (AvgIpc) is 2.66. The lowest BCUT2D eigenvalue weighted by Crippen LogP contribution is -2.21. The first-order chi connectivity index (χ1) is 12.5. The Labute approximate surface area is 157 Å². The van der Waals surface area contributed by atoms with Crippen LogP contribution in [0, 0.1) is 0 Å². The Morgan fingerprint density at radius 1 is 1.15 bits per heavy atom. The summed E-state index contributed by atoms with van der Waals surface area (Å²) in [6, 6.07) is 11.7. The van der Waals surface area contributed by atoms with Crippen molar-refractivity contribution in [3.05, 3.63) is 58.6 Å². The highest BCUT2D eigenvalue weighted by molar-refractivity contribution is 6.33. The van der Waals surface area contributed by atoms with E-state index in [0.29, 0.717) is 35.2 Å². The van der Waals surface area contributed by atoms with E-state index >= 15 is 0 Å². The Morgan fingerprint density at radius 2 is 1.92 bits per heavy atom. The van der Waals surface area contributed by atoms with Gasteiger partial charge in [-0.3, -0.25) is 4.79 Å². The fourth-order valence-electron chi connectivity index (χ4n) is 2.19. The maximum absolute atomic E-state index is 12.2. The Bertz CT molecular complexity index is 778. The molecule has 0 heterocycles. The van der Waals surface area contributed by atoms with Crippen LogP contribution >= 0.6 is 11.6 Å². The molecule has 7 heteroatoms. The van der Waals surface area contributed by atoms with Gasteiger partial charge in [0.2, 0.25) is 0 Å². The molecule has 0 aromatic heterocycles. The smallest absolute Gasteiger partial charge is 0.338 e. The summed E-state index contributed by atoms with van der Waals surface area (Å²) in [7, 11) is 1.54. The van der Waals surface area contributed by atoms with Crippen LogP contribution in [0.4, 0.5) is 5.69 Å². The summed E-state index contributed by atoms with van der Waals surface area (Å²) in [6.07, 6.45) is 0. The first-order valence-corrected chi connectivity index (χ1v) is 8.39. The second-order valence-corrected chi connectivity index (χ2v) is 5.68. The molecule has 26 heavy (non-hydrogen) atoms. The number of carbonyl (C=O) groups is 2. The molecule has 1 amide bonds. The first kappa shape index (κ1) is 19.8. The molecular formula is C19H20ClNO5. The van der Waals surface area contributed by atoms with Crippen LogP contribution in [0.15, 0.2) is 42.5 Å². The third-order valence-electron chi connectivity index (χ3n) is 3.46. The molecule has 0 aliphatic rings. The van der Waals surface area contributed by atoms with E-state index in [1.165, 1.54) is 0 Å². The van der Waals surface area contributed by atoms with Crippen LogP contribution in [-0.4, -0.2) is 32.2 Å². The Morgan fingerprint density at radius 3 is 2.62 bits per heavy atom. The molecule has 0 saturated heterocycles. The summed E-state index contributed by atoms with van der Waals surface area (Å²) in [5.41, 5.74) is 1.49. The lowest BCUT2D eigenvalue weighted by molar-refractivity contribution is -0.119. The minimum atomic E-state index is -0.611. The van der Waals surface area contributed by atoms with Crippen LogP contribution in [0.3, 0.4) is 0 Å². The van der Waals surface area contributed by atoms with Crippen LogP contribution in [0.5, 0.6) is 5.75 Å². The summed E-state index contributed by atoms with van der Waals surface area (Å²) in [4.78, 5) is 24.1. The van der Waals surface area contributed by atoms with Crippen LogP contribution in [0.1, 0.15) is 22.8 Å². The molecule has 0 aliphatic carbocycles. The van der Waals surface area contributed by atoms with E-state index in [0.717, 1.165) is 5.56 Å². The monoisotopic (exact) mass is 377 g/mol. The zero-order valence-electron chi connectivity index (χ0n) is 14.6. The Kier molecular flexibility index (Phi) is 7.44. The van der Waals surface area contributed by atoms with Crippen molar-refractivity contribution >= 4 is 29.2 Å². The number of halogens is 1. The van der Waals surface area contributed by atoms with E-state index < -0.39 is 18.5 Å². The number of benzene rings is 2. The van der Waals surface area contributed by atoms with Gasteiger partial charge in [-0.2, -0.15) is 0 Å². The molecule has 6 nitrogen and oxygen atoms in total. The molecule has 0 saturated carbocycles. The zero-order valence-corrected chi connectivity index (χ0v) is 15.3. The van der Waals surface area contributed by atoms with E-state index in [1.54, 1.807) is 49.6 Å². The highest BCUT2D eigenvalue weighted by Gasteiger charge is 2.14. The van der Waals surface area contributed by atoms with E-state index in [-0.39, 0.29) is 0 Å². The zero-order chi connectivity index (χ0) is 18.9. The second-order valence-electron chi connectivity index (χ2n) is 5.27. The van der Waals surface area contributed by atoms with Crippen molar-refractivity contribution in [3.63, 3.8) is 0 Å². The fraction of sp³-hybridized carbons (Fsp3) is 0.263. The van der Waals surface area contributed by atoms with Crippen LogP contribution < -0.4 is 10.1 Å². The highest BCUT2D eigenvalue weighted by Crippen LogP contribution is 2.22. The van der Waals surface area contributed by atoms with Gasteiger partial charge in [0.25, 0.3) is 5.91 Å². The maximum Gasteiger partial charge on any atom is 0.338 e. The Hall–Kier alpha value is -2.57. The molecule has 0 aliphatic heterocycles. The van der Waals surface area contributed by atoms with E-state index in [4.69, 9.17) is 25.8 Å². The number of hydrogen-bond donors (Lipinski definition) is 1. The number of carbonyl (C=O) groups excluding carboxylic acids is 2. The molecule has 2 rings (SSSR count). The van der Waals surface area contributed by atoms with Gasteiger partial charge in [-0.1, -0.05) is 23.7 Å². The summed E-state index contributed by atoms with van der Waals surface area (Å²) in [5.74, 6) is -0.472. The Balaban J connectivity index is 1.96. The van der Waals surface area contributed by atoms with Gasteiger partial charge < -0.3 is 19.5 Å². The normalized spacial score (nSPS) is 10.3. The summed E-state index contributed by atoms with van der Waals surface area (Å²) in [5, 5.41) is 2.99. The third-order valence-corrected chi connectivity index (χ3v) is 3.79. The van der Waals surface area contributed by atoms with Gasteiger partial charge in [0.15, 0.2) is 6.61 Å². The van der Waals surface area contributed by atoms with E-state index in [2.05, 4.69) is 5.32 Å². The lowest BCUT2D eigenvalue weighted by Gasteiger charge is -2.11. The molecule has 138 valence electrons. The van der Waals surface area contributed by atoms with Gasteiger partial charge in [-0.15, -0.1) is 0 Å². The number of amides is 1. The second kappa shape index (κ2) is 9.79. The minimum Gasteiger partial charge on any atom is -0.496 e. The number of anilines is 1. The number of rotatable bonds is 8. The van der Waals surface area contributed by atoms with Crippen molar-refractivity contribution in [2.75, 3.05) is 25.6 Å². The SMILES string of the molecule is CCOCc1cc(C(=O)OCC(=O)Nc2ccccc2Cl)ccc1OC. The average molecular weight is 378 g/mol. The van der Waals surface area contributed by atoms with E-state index in [9.17, 15) is 9.59 Å². The predicted octanol–water partition coefficient (Wildman–Crippen LogP) is 3.68. The fourth-order valence-corrected chi connectivity index (χ4v) is 2.38. The molecule has 1 N–H and O–H groups in total. The van der Waals surface area contributed by atoms with Gasteiger partial charge in [0.1, 0.15) is 5.75 Å². The number of esters is 1. The van der Waals surface area contributed by atoms with Crippen molar-refractivity contribution in [1.29, 1.82) is 0 Å². The molecule has 0 spiro atoms. The summed E-state index contributed by atoms with van der Waals surface area (Å²) in [6.45, 7) is 2.31. The molecule has 0 unspecified atom stereocenters. The summed E-state index contributed by atoms with van der Waals surface area (Å²) < 4.78 is 15.7. The molecule has 0 atom stereocenters. The van der Waals surface area contributed by atoms with E-state index in [1.807, 2.05) is 6.92 Å². The highest BCUT2D eigenvalue weighted by atomic mass is 35.5. The number of para-hydroxylation sites is 1. The van der Waals surface area contributed by atoms with Crippen molar-refractivity contribution < 1.29 is 23.8 Å². The standard InChI is InChI=1S/C19H20ClNO5/c1-3-25-11-14-10-13(8-9-17(14)24-2)19(23)26-12-18(22)21-16-7-5-4-6-15(16)20/h4-10H,3,11-12H2,1-2H3,(H,21,22). The summed E-state index contributed by atoms with van der Waals surface area (Å²) >= 11 is 5.97. The first-order valence-electron chi connectivity index (χ1n) is 8.01.